The molecule has 9 rings (SSSR count). The summed E-state index contributed by atoms with van der Waals surface area (Å²) in [7, 11) is 0. The normalized spacial score (nSPS) is 11.9. The molecule has 0 aliphatic heterocycles. The summed E-state index contributed by atoms with van der Waals surface area (Å²) in [6, 6.07) is 55.4. The Balaban J connectivity index is 1.52. The van der Waals surface area contributed by atoms with Gasteiger partial charge >= 0.3 is 0 Å². The van der Waals surface area contributed by atoms with Gasteiger partial charge in [0.25, 0.3) is 0 Å². The maximum absolute atomic E-state index is 2.51. The summed E-state index contributed by atoms with van der Waals surface area (Å²) in [5.41, 5.74) is 13.8. The highest BCUT2D eigenvalue weighted by atomic mass is 15.0. The third-order valence-corrected chi connectivity index (χ3v) is 8.70. The van der Waals surface area contributed by atoms with Crippen LogP contribution in [-0.2, 0) is 0 Å². The molecule has 0 saturated carbocycles. The van der Waals surface area contributed by atoms with Crippen molar-refractivity contribution in [2.45, 2.75) is 0 Å². The van der Waals surface area contributed by atoms with Crippen LogP contribution in [0.2, 0.25) is 0 Å². The van der Waals surface area contributed by atoms with Gasteiger partial charge in [-0.15, -0.1) is 0 Å². The molecule has 1 aliphatic carbocycles. The molecule has 1 nitrogen and oxygen atoms in total. The van der Waals surface area contributed by atoms with E-state index in [-0.39, 0.29) is 0 Å². The van der Waals surface area contributed by atoms with Gasteiger partial charge < -0.3 is 4.57 Å². The van der Waals surface area contributed by atoms with Crippen LogP contribution in [0, 0.1) is 0 Å². The number of hydrogen-bond acceptors (Lipinski definition) is 0. The molecule has 190 valence electrons. The summed E-state index contributed by atoms with van der Waals surface area (Å²) in [5.74, 6) is 0. The van der Waals surface area contributed by atoms with E-state index in [4.69, 9.17) is 0 Å². The van der Waals surface area contributed by atoms with Crippen LogP contribution in [0.5, 0.6) is 0 Å². The minimum absolute atomic E-state index is 1.17. The van der Waals surface area contributed by atoms with E-state index in [0.29, 0.717) is 0 Å². The Bertz CT molecular complexity index is 2290. The van der Waals surface area contributed by atoms with Gasteiger partial charge in [-0.2, -0.15) is 0 Å². The fraction of sp³-hybridized carbons (Fsp3) is 0. The van der Waals surface area contributed by atoms with Crippen LogP contribution in [0.25, 0.3) is 82.8 Å². The minimum atomic E-state index is 1.17. The van der Waals surface area contributed by atoms with Gasteiger partial charge in [-0.25, -0.2) is 0 Å². The number of aromatic nitrogens is 1. The lowest BCUT2D eigenvalue weighted by atomic mass is 9.91. The molecule has 1 aliphatic rings. The lowest BCUT2D eigenvalue weighted by Gasteiger charge is -2.17. The van der Waals surface area contributed by atoms with Gasteiger partial charge in [0.2, 0.25) is 0 Å². The highest BCUT2D eigenvalue weighted by molar-refractivity contribution is 6.32. The number of rotatable bonds is 3. The van der Waals surface area contributed by atoms with E-state index in [9.17, 15) is 0 Å². The Morgan fingerprint density at radius 2 is 0.927 bits per heavy atom. The number of fused-ring (bicyclic) bond motifs is 3. The molecule has 1 heteroatoms. The Hall–Kier alpha value is -5.40. The van der Waals surface area contributed by atoms with Crippen molar-refractivity contribution in [3.05, 3.63) is 152 Å². The zero-order valence-corrected chi connectivity index (χ0v) is 22.4. The van der Waals surface area contributed by atoms with Crippen LogP contribution in [0.3, 0.4) is 0 Å². The molecule has 0 atom stereocenters. The average molecular weight is 520 g/mol. The molecular weight excluding hydrogens is 494 g/mol. The molecule has 0 N–H and O–H groups in total. The molecule has 8 aromatic rings. The van der Waals surface area contributed by atoms with E-state index in [1.54, 1.807) is 0 Å². The van der Waals surface area contributed by atoms with Crippen molar-refractivity contribution in [3.63, 3.8) is 0 Å². The van der Waals surface area contributed by atoms with E-state index in [1.807, 2.05) is 0 Å². The SMILES string of the molecule is c1ccc(-c2cccc(-n3c4cccc5c4c4c6c(cccc6cc(-c6ccccc6)c43)-c3ccccc3-5)c2)cc1. The first-order chi connectivity index (χ1) is 20.4. The predicted molar refractivity (Wildman–Crippen MR) is 174 cm³/mol. The van der Waals surface area contributed by atoms with Crippen molar-refractivity contribution in [1.29, 1.82) is 0 Å². The van der Waals surface area contributed by atoms with Gasteiger partial charge in [0.05, 0.1) is 11.0 Å². The summed E-state index contributed by atoms with van der Waals surface area (Å²) < 4.78 is 2.51. The maximum Gasteiger partial charge on any atom is 0.0626 e. The average Bonchev–Trinajstić information content (AvgIpc) is 3.34. The molecule has 0 spiro atoms. The Morgan fingerprint density at radius 1 is 0.341 bits per heavy atom. The third-order valence-electron chi connectivity index (χ3n) is 8.70. The lowest BCUT2D eigenvalue weighted by Crippen LogP contribution is -1.97. The van der Waals surface area contributed by atoms with Crippen LogP contribution in [0.1, 0.15) is 0 Å². The van der Waals surface area contributed by atoms with E-state index in [1.165, 1.54) is 82.8 Å². The summed E-state index contributed by atoms with van der Waals surface area (Å²) in [4.78, 5) is 0. The van der Waals surface area contributed by atoms with Crippen LogP contribution >= 0.6 is 0 Å². The van der Waals surface area contributed by atoms with Gasteiger partial charge in [-0.1, -0.05) is 127 Å². The predicted octanol–water partition coefficient (Wildman–Crippen LogP) is 10.9. The largest absolute Gasteiger partial charge is 0.309 e. The maximum atomic E-state index is 2.51. The zero-order chi connectivity index (χ0) is 26.9. The van der Waals surface area contributed by atoms with Crippen LogP contribution in [-0.4, -0.2) is 4.57 Å². The van der Waals surface area contributed by atoms with Gasteiger partial charge in [-0.05, 0) is 74.0 Å². The molecule has 1 aromatic heterocycles. The quantitative estimate of drug-likeness (QED) is 0.219. The highest BCUT2D eigenvalue weighted by Gasteiger charge is 2.26. The molecule has 0 fully saturated rings. The number of nitrogens with zero attached hydrogens (tertiary/aromatic N) is 1. The molecule has 0 unspecified atom stereocenters. The molecule has 0 radical (unpaired) electrons. The fourth-order valence-corrected chi connectivity index (χ4v) is 6.99. The van der Waals surface area contributed by atoms with Crippen LogP contribution < -0.4 is 0 Å². The smallest absolute Gasteiger partial charge is 0.0626 e. The standard InChI is InChI=1S/C40H25N/c1-3-12-26(13-4-1)28-16-9-18-30(24-28)41-36-23-11-22-34-32-20-8-7-19-31(32)33-21-10-17-29-25-35(27-14-5-2-6-15-27)40(41)39(37(29)33)38(34)36/h1-25H. The summed E-state index contributed by atoms with van der Waals surface area (Å²) in [6.45, 7) is 0. The van der Waals surface area contributed by atoms with Crippen molar-refractivity contribution in [2.24, 2.45) is 0 Å². The second-order valence-electron chi connectivity index (χ2n) is 10.9. The monoisotopic (exact) mass is 519 g/mol. The van der Waals surface area contributed by atoms with Crippen molar-refractivity contribution in [2.75, 3.05) is 0 Å². The van der Waals surface area contributed by atoms with Crippen LogP contribution in [0.15, 0.2) is 152 Å². The van der Waals surface area contributed by atoms with Crippen molar-refractivity contribution < 1.29 is 0 Å². The summed E-state index contributed by atoms with van der Waals surface area (Å²) >= 11 is 0. The number of hydrogen-bond donors (Lipinski definition) is 0. The second-order valence-corrected chi connectivity index (χ2v) is 10.9. The number of benzene rings is 7. The Kier molecular flexibility index (Phi) is 4.67. The molecule has 0 saturated heterocycles. The Morgan fingerprint density at radius 3 is 1.68 bits per heavy atom. The van der Waals surface area contributed by atoms with Crippen molar-refractivity contribution >= 4 is 32.6 Å². The third kappa shape index (κ3) is 3.18. The van der Waals surface area contributed by atoms with Crippen molar-refractivity contribution in [3.8, 4) is 50.2 Å². The van der Waals surface area contributed by atoms with E-state index in [2.05, 4.69) is 156 Å². The molecule has 7 aromatic carbocycles. The van der Waals surface area contributed by atoms with E-state index >= 15 is 0 Å². The fourth-order valence-electron chi connectivity index (χ4n) is 6.99. The van der Waals surface area contributed by atoms with Gasteiger partial charge in [0.15, 0.2) is 0 Å². The van der Waals surface area contributed by atoms with Crippen molar-refractivity contribution in [1.82, 2.24) is 4.57 Å². The topological polar surface area (TPSA) is 4.93 Å². The zero-order valence-electron chi connectivity index (χ0n) is 22.4. The van der Waals surface area contributed by atoms with Gasteiger partial charge in [-0.3, -0.25) is 0 Å². The minimum Gasteiger partial charge on any atom is -0.309 e. The summed E-state index contributed by atoms with van der Waals surface area (Å²) in [6.07, 6.45) is 0. The molecule has 1 heterocycles. The van der Waals surface area contributed by atoms with Gasteiger partial charge in [0.1, 0.15) is 0 Å². The van der Waals surface area contributed by atoms with Crippen LogP contribution in [0.4, 0.5) is 0 Å². The molecule has 41 heavy (non-hydrogen) atoms. The first kappa shape index (κ1) is 22.4. The van der Waals surface area contributed by atoms with E-state index in [0.717, 1.165) is 0 Å². The Labute approximate surface area is 238 Å². The lowest BCUT2D eigenvalue weighted by molar-refractivity contribution is 1.18. The summed E-state index contributed by atoms with van der Waals surface area (Å²) in [5, 5.41) is 5.27. The highest BCUT2D eigenvalue weighted by Crippen LogP contribution is 2.51. The first-order valence-corrected chi connectivity index (χ1v) is 14.2. The second kappa shape index (κ2) is 8.55. The molecule has 0 amide bonds. The molecule has 0 bridgehead atoms. The first-order valence-electron chi connectivity index (χ1n) is 14.2. The molecular formula is C40H25N. The van der Waals surface area contributed by atoms with Gasteiger partial charge in [0, 0.05) is 22.0 Å². The van der Waals surface area contributed by atoms with E-state index < -0.39 is 0 Å².